The maximum atomic E-state index is 7.39. The number of quaternary nitrogens is 1. The molecule has 1 aromatic rings. The van der Waals surface area contributed by atoms with Crippen LogP contribution in [0.25, 0.3) is 0 Å². The highest BCUT2D eigenvalue weighted by atomic mass is 79.9. The van der Waals surface area contributed by atoms with Crippen LogP contribution in [0.4, 0.5) is 0 Å². The van der Waals surface area contributed by atoms with E-state index in [-0.39, 0.29) is 0 Å². The molecule has 1 heterocycles. The van der Waals surface area contributed by atoms with Crippen molar-refractivity contribution >= 4 is 28.4 Å². The van der Waals surface area contributed by atoms with E-state index in [2.05, 4.69) is 20.9 Å². The second kappa shape index (κ2) is 6.28. The van der Waals surface area contributed by atoms with Gasteiger partial charge in [0.25, 0.3) is 0 Å². The van der Waals surface area contributed by atoms with Gasteiger partial charge in [-0.3, -0.25) is 5.32 Å². The molecule has 4 nitrogen and oxygen atoms in total. The van der Waals surface area contributed by atoms with E-state index in [1.165, 1.54) is 6.21 Å². The van der Waals surface area contributed by atoms with Crippen molar-refractivity contribution in [1.82, 2.24) is 0 Å². The maximum absolute atomic E-state index is 7.39. The van der Waals surface area contributed by atoms with Gasteiger partial charge in [-0.2, -0.15) is 0 Å². The Kier molecular flexibility index (Phi) is 4.44. The van der Waals surface area contributed by atoms with Crippen molar-refractivity contribution in [1.29, 1.82) is 5.41 Å². The van der Waals surface area contributed by atoms with Crippen molar-refractivity contribution in [3.8, 4) is 0 Å². The summed E-state index contributed by atoms with van der Waals surface area (Å²) in [7, 11) is 0. The van der Waals surface area contributed by atoms with Crippen molar-refractivity contribution in [2.45, 2.75) is 6.61 Å². The third-order valence-corrected chi connectivity index (χ3v) is 2.85. The fourth-order valence-electron chi connectivity index (χ4n) is 1.47. The number of aliphatic imine (C=N–C) groups is 1. The molecule has 0 spiro atoms. The first-order chi connectivity index (χ1) is 8.79. The summed E-state index contributed by atoms with van der Waals surface area (Å²) in [6, 6.07) is 9.86. The molecule has 0 atom stereocenters. The van der Waals surface area contributed by atoms with E-state index in [0.29, 0.717) is 12.4 Å². The van der Waals surface area contributed by atoms with Gasteiger partial charge in [0.05, 0.1) is 12.4 Å². The molecule has 0 radical (unpaired) electrons. The van der Waals surface area contributed by atoms with E-state index in [4.69, 9.17) is 10.1 Å². The highest BCUT2D eigenvalue weighted by Gasteiger charge is 2.11. The Morgan fingerprint density at radius 2 is 2.17 bits per heavy atom. The number of nitrogens with two attached hydrogens (primary N) is 1. The molecule has 18 heavy (non-hydrogen) atoms. The number of rotatable bonds is 4. The van der Waals surface area contributed by atoms with Crippen LogP contribution in [0, 0.1) is 5.41 Å². The molecule has 0 unspecified atom stereocenters. The zero-order valence-corrected chi connectivity index (χ0v) is 11.2. The lowest BCUT2D eigenvalue weighted by Crippen LogP contribution is -2.77. The maximum Gasteiger partial charge on any atom is 0.200 e. The van der Waals surface area contributed by atoms with Gasteiger partial charge in [0.2, 0.25) is 0 Å². The molecule has 0 aromatic heterocycles. The Hall–Kier alpha value is -1.72. The van der Waals surface area contributed by atoms with Crippen molar-refractivity contribution in [2.24, 2.45) is 4.99 Å². The molecule has 0 fully saturated rings. The number of benzene rings is 1. The minimum absolute atomic E-state index is 0.446. The van der Waals surface area contributed by atoms with Crippen LogP contribution in [0.2, 0.25) is 0 Å². The molecule has 0 saturated heterocycles. The van der Waals surface area contributed by atoms with Gasteiger partial charge in [0.15, 0.2) is 16.1 Å². The molecule has 0 amide bonds. The molecule has 2 rings (SSSR count). The fraction of sp³-hybridized carbons (Fsp3) is 0.0769. The Bertz CT molecular complexity index is 520. The van der Waals surface area contributed by atoms with Crippen LogP contribution >= 0.6 is 15.9 Å². The summed E-state index contributed by atoms with van der Waals surface area (Å²) < 4.78 is 6.38. The Morgan fingerprint density at radius 3 is 2.78 bits per heavy atom. The van der Waals surface area contributed by atoms with Gasteiger partial charge in [-0.15, -0.1) is 0 Å². The van der Waals surface area contributed by atoms with Crippen molar-refractivity contribution in [3.05, 3.63) is 58.2 Å². The molecule has 3 N–H and O–H groups in total. The molecule has 1 aliphatic heterocycles. The van der Waals surface area contributed by atoms with E-state index >= 15 is 0 Å². The predicted molar refractivity (Wildman–Crippen MR) is 74.5 cm³/mol. The van der Waals surface area contributed by atoms with Gasteiger partial charge in [-0.1, -0.05) is 30.3 Å². The molecule has 0 bridgehead atoms. The van der Waals surface area contributed by atoms with Crippen molar-refractivity contribution in [2.75, 3.05) is 0 Å². The highest BCUT2D eigenvalue weighted by molar-refractivity contribution is 9.11. The van der Waals surface area contributed by atoms with Crippen molar-refractivity contribution in [3.63, 3.8) is 0 Å². The average molecular weight is 307 g/mol. The lowest BCUT2D eigenvalue weighted by molar-refractivity contribution is -0.528. The predicted octanol–water partition coefficient (Wildman–Crippen LogP) is 1.91. The molecule has 0 aliphatic carbocycles. The third kappa shape index (κ3) is 3.38. The van der Waals surface area contributed by atoms with Gasteiger partial charge in [0.1, 0.15) is 12.8 Å². The number of nitrogens with zero attached hydrogens (tertiary/aromatic N) is 1. The topological polar surface area (TPSA) is 62.0 Å². The van der Waals surface area contributed by atoms with Crippen LogP contribution in [0.1, 0.15) is 5.56 Å². The van der Waals surface area contributed by atoms with Gasteiger partial charge >= 0.3 is 0 Å². The molecule has 1 aliphatic rings. The van der Waals surface area contributed by atoms with Gasteiger partial charge in [-0.25, -0.2) is 4.99 Å². The van der Waals surface area contributed by atoms with E-state index in [9.17, 15) is 0 Å². The fourth-order valence-corrected chi connectivity index (χ4v) is 1.70. The summed E-state index contributed by atoms with van der Waals surface area (Å²) in [4.78, 5) is 4.12. The van der Waals surface area contributed by atoms with Crippen molar-refractivity contribution < 1.29 is 10.1 Å². The quantitative estimate of drug-likeness (QED) is 0.498. The average Bonchev–Trinajstić information content (AvgIpc) is 2.42. The zero-order chi connectivity index (χ0) is 12.8. The van der Waals surface area contributed by atoms with E-state index in [0.717, 1.165) is 15.9 Å². The molecule has 1 aromatic carbocycles. The van der Waals surface area contributed by atoms with Crippen LogP contribution < -0.4 is 5.32 Å². The third-order valence-electron chi connectivity index (χ3n) is 2.38. The smallest absolute Gasteiger partial charge is 0.200 e. The number of ether oxygens (including phenoxy) is 1. The largest absolute Gasteiger partial charge is 0.481 e. The molecular weight excluding hydrogens is 294 g/mol. The lowest BCUT2D eigenvalue weighted by atomic mass is 10.2. The van der Waals surface area contributed by atoms with E-state index < -0.39 is 0 Å². The minimum atomic E-state index is 0.446. The van der Waals surface area contributed by atoms with Gasteiger partial charge in [0, 0.05) is 0 Å². The Labute approximate surface area is 114 Å². The first-order valence-corrected chi connectivity index (χ1v) is 6.25. The van der Waals surface area contributed by atoms with Crippen LogP contribution in [0.3, 0.4) is 0 Å². The zero-order valence-electron chi connectivity index (χ0n) is 9.64. The monoisotopic (exact) mass is 306 g/mol. The second-order valence-electron chi connectivity index (χ2n) is 3.65. The van der Waals surface area contributed by atoms with Gasteiger partial charge < -0.3 is 10.1 Å². The number of allylic oxidation sites excluding steroid dienone is 2. The van der Waals surface area contributed by atoms with Crippen LogP contribution in [-0.2, 0) is 11.3 Å². The minimum Gasteiger partial charge on any atom is -0.481 e. The molecule has 5 heteroatoms. The van der Waals surface area contributed by atoms with Gasteiger partial charge in [-0.05, 0) is 21.5 Å². The number of nitrogens with one attached hydrogen (secondary N) is 1. The first kappa shape index (κ1) is 12.7. The van der Waals surface area contributed by atoms with Crippen LogP contribution in [0.15, 0.2) is 57.6 Å². The number of halogens is 1. The summed E-state index contributed by atoms with van der Waals surface area (Å²) in [5.74, 6) is 0.513. The summed E-state index contributed by atoms with van der Waals surface area (Å²) in [5.41, 5.74) is 1.87. The van der Waals surface area contributed by atoms with Crippen LogP contribution in [0.5, 0.6) is 0 Å². The van der Waals surface area contributed by atoms with Crippen LogP contribution in [-0.4, -0.2) is 12.4 Å². The normalized spacial score (nSPS) is 17.1. The summed E-state index contributed by atoms with van der Waals surface area (Å²) in [6.45, 7) is 0.446. The summed E-state index contributed by atoms with van der Waals surface area (Å²) in [6.07, 6.45) is 4.70. The highest BCUT2D eigenvalue weighted by Crippen LogP contribution is 2.09. The number of hydrogen-bond acceptors (Lipinski definition) is 3. The first-order valence-electron chi connectivity index (χ1n) is 5.45. The van der Waals surface area contributed by atoms with E-state index in [1.807, 2.05) is 41.8 Å². The lowest BCUT2D eigenvalue weighted by Gasteiger charge is -2.09. The summed E-state index contributed by atoms with van der Waals surface area (Å²) >= 11 is 3.27. The Balaban J connectivity index is 2.05. The molecule has 0 saturated carbocycles. The second-order valence-corrected chi connectivity index (χ2v) is 4.46. The molecular formula is C13H13BrN3O+. The number of hydrogen-bond donors (Lipinski definition) is 2. The van der Waals surface area contributed by atoms with E-state index in [1.54, 1.807) is 6.21 Å². The molecule has 92 valence electrons. The standard InChI is InChI=1S/C13H12BrN3O/c14-13-8-16-11(7-17-13)12(6-15)18-9-10-4-2-1-3-5-10/h1-8,15-16H,9H2/p+1/b12-11+,15-6?. The SMILES string of the molecule is N=C/C(OCc1ccccc1)=C1/C=NC(Br)=C[NH2+]1. The summed E-state index contributed by atoms with van der Waals surface area (Å²) in [5, 5.41) is 9.25. The Morgan fingerprint density at radius 1 is 1.39 bits per heavy atom.